The predicted octanol–water partition coefficient (Wildman–Crippen LogP) is 4.12. The van der Waals surface area contributed by atoms with Crippen molar-refractivity contribution < 1.29 is 9.90 Å². The minimum Gasteiger partial charge on any atom is -0.391 e. The van der Waals surface area contributed by atoms with E-state index in [0.717, 1.165) is 54.0 Å². The number of para-hydroxylation sites is 1. The number of benzene rings is 1. The summed E-state index contributed by atoms with van der Waals surface area (Å²) in [5.41, 5.74) is 2.90. The smallest absolute Gasteiger partial charge is 0.158 e. The minimum atomic E-state index is -0.774. The Morgan fingerprint density at radius 3 is 2.84 bits per heavy atom. The van der Waals surface area contributed by atoms with Gasteiger partial charge in [-0.3, -0.25) is 4.79 Å². The molecule has 0 aliphatic carbocycles. The molecule has 1 aromatic carbocycles. The standard InChI is InChI=1S/C25H33N5O2/c1-16(2)19-8-4-5-9-21(19)29-23(17(3)31)22(32)13-18-7-6-12-30(14-18)25-20-10-11-26-24(20)27-15-28-25/h4-5,8-11,15-18,23,29,31H,6-7,12-14H2,1-3H3,(H,26,27,28)/t17-,18-,23+/m0/s1. The second kappa shape index (κ2) is 9.69. The van der Waals surface area contributed by atoms with Gasteiger partial charge in [-0.1, -0.05) is 32.0 Å². The number of nitrogens with zero attached hydrogens (tertiary/aromatic N) is 3. The second-order valence-electron chi connectivity index (χ2n) is 9.17. The maximum Gasteiger partial charge on any atom is 0.158 e. The molecular formula is C25H33N5O2. The number of rotatable bonds is 8. The number of fused-ring (bicyclic) bond motifs is 1. The van der Waals surface area contributed by atoms with Crippen molar-refractivity contribution in [1.29, 1.82) is 0 Å². The Morgan fingerprint density at radius 1 is 1.25 bits per heavy atom. The summed E-state index contributed by atoms with van der Waals surface area (Å²) in [7, 11) is 0. The number of aliphatic hydroxyl groups excluding tert-OH is 1. The van der Waals surface area contributed by atoms with Crippen LogP contribution in [0.25, 0.3) is 11.0 Å². The van der Waals surface area contributed by atoms with Crippen molar-refractivity contribution >= 4 is 28.3 Å². The van der Waals surface area contributed by atoms with Crippen LogP contribution in [0.5, 0.6) is 0 Å². The Morgan fingerprint density at radius 2 is 2.06 bits per heavy atom. The molecule has 32 heavy (non-hydrogen) atoms. The van der Waals surface area contributed by atoms with Gasteiger partial charge in [0.1, 0.15) is 23.8 Å². The Hall–Kier alpha value is -2.93. The summed E-state index contributed by atoms with van der Waals surface area (Å²) in [6.07, 6.45) is 5.13. The molecule has 1 aliphatic heterocycles. The summed E-state index contributed by atoms with van der Waals surface area (Å²) >= 11 is 0. The molecule has 0 spiro atoms. The number of carbonyl (C=O) groups excluding carboxylic acids is 1. The summed E-state index contributed by atoms with van der Waals surface area (Å²) in [4.78, 5) is 27.5. The van der Waals surface area contributed by atoms with Crippen molar-refractivity contribution in [3.8, 4) is 0 Å². The van der Waals surface area contributed by atoms with Gasteiger partial charge in [-0.15, -0.1) is 0 Å². The molecule has 3 atom stereocenters. The van der Waals surface area contributed by atoms with E-state index in [9.17, 15) is 9.90 Å². The first-order chi connectivity index (χ1) is 15.4. The lowest BCUT2D eigenvalue weighted by atomic mass is 9.89. The van der Waals surface area contributed by atoms with Gasteiger partial charge in [0.25, 0.3) is 0 Å². The molecule has 3 heterocycles. The van der Waals surface area contributed by atoms with E-state index in [4.69, 9.17) is 0 Å². The topological polar surface area (TPSA) is 94.1 Å². The zero-order valence-corrected chi connectivity index (χ0v) is 19.1. The number of aliphatic hydroxyl groups is 1. The number of hydrogen-bond acceptors (Lipinski definition) is 6. The number of ketones is 1. The SMILES string of the molecule is CC(C)c1ccccc1N[C@@H](C(=O)C[C@@H]1CCCN(c2ncnc3[nH]ccc23)C1)[C@H](C)O. The quantitative estimate of drug-likeness (QED) is 0.493. The van der Waals surface area contributed by atoms with Crippen LogP contribution >= 0.6 is 0 Å². The molecule has 0 bridgehead atoms. The molecule has 1 saturated heterocycles. The molecular weight excluding hydrogens is 402 g/mol. The molecule has 3 N–H and O–H groups in total. The lowest BCUT2D eigenvalue weighted by molar-refractivity contribution is -0.122. The van der Waals surface area contributed by atoms with Gasteiger partial charge in [-0.25, -0.2) is 9.97 Å². The van der Waals surface area contributed by atoms with E-state index in [1.165, 1.54) is 0 Å². The number of hydrogen-bond donors (Lipinski definition) is 3. The van der Waals surface area contributed by atoms with Crippen LogP contribution in [0.15, 0.2) is 42.9 Å². The van der Waals surface area contributed by atoms with Crippen molar-refractivity contribution in [3.63, 3.8) is 0 Å². The third-order valence-corrected chi connectivity index (χ3v) is 6.36. The number of anilines is 2. The van der Waals surface area contributed by atoms with Crippen molar-refractivity contribution in [3.05, 3.63) is 48.4 Å². The molecule has 7 nitrogen and oxygen atoms in total. The molecule has 1 fully saturated rings. The highest BCUT2D eigenvalue weighted by atomic mass is 16.3. The maximum absolute atomic E-state index is 13.3. The Labute approximate surface area is 189 Å². The normalized spacial score (nSPS) is 18.7. The fraction of sp³-hybridized carbons (Fsp3) is 0.480. The molecule has 0 radical (unpaired) electrons. The molecule has 2 aromatic heterocycles. The fourth-order valence-corrected chi connectivity index (χ4v) is 4.72. The zero-order valence-electron chi connectivity index (χ0n) is 19.1. The second-order valence-corrected chi connectivity index (χ2v) is 9.17. The van der Waals surface area contributed by atoms with Crippen LogP contribution in [-0.4, -0.2) is 51.1 Å². The highest BCUT2D eigenvalue weighted by Crippen LogP contribution is 2.30. The van der Waals surface area contributed by atoms with Crippen LogP contribution in [0.1, 0.15) is 51.5 Å². The Bertz CT molecular complexity index is 1060. The highest BCUT2D eigenvalue weighted by molar-refractivity contribution is 5.89. The van der Waals surface area contributed by atoms with E-state index in [1.807, 2.05) is 30.5 Å². The van der Waals surface area contributed by atoms with Gasteiger partial charge < -0.3 is 20.3 Å². The van der Waals surface area contributed by atoms with Gasteiger partial charge >= 0.3 is 0 Å². The van der Waals surface area contributed by atoms with E-state index in [1.54, 1.807) is 13.3 Å². The van der Waals surface area contributed by atoms with Gasteiger partial charge in [0, 0.05) is 31.4 Å². The molecule has 0 unspecified atom stereocenters. The summed E-state index contributed by atoms with van der Waals surface area (Å²) < 4.78 is 0. The maximum atomic E-state index is 13.3. The van der Waals surface area contributed by atoms with E-state index in [-0.39, 0.29) is 11.7 Å². The van der Waals surface area contributed by atoms with Gasteiger partial charge in [-0.2, -0.15) is 0 Å². The average molecular weight is 436 g/mol. The van der Waals surface area contributed by atoms with Gasteiger partial charge in [-0.05, 0) is 49.3 Å². The minimum absolute atomic E-state index is 0.0555. The van der Waals surface area contributed by atoms with Crippen LogP contribution < -0.4 is 10.2 Å². The third kappa shape index (κ3) is 4.78. The first kappa shape index (κ1) is 22.3. The molecule has 7 heteroatoms. The summed E-state index contributed by atoms with van der Waals surface area (Å²) in [5, 5.41) is 14.8. The number of Topliss-reactive ketones (excluding diaryl/α,β-unsaturated/α-hetero) is 1. The van der Waals surface area contributed by atoms with Crippen molar-refractivity contribution in [2.24, 2.45) is 5.92 Å². The van der Waals surface area contributed by atoms with Crippen LogP contribution in [0.4, 0.5) is 11.5 Å². The molecule has 170 valence electrons. The Kier molecular flexibility index (Phi) is 6.74. The predicted molar refractivity (Wildman–Crippen MR) is 128 cm³/mol. The lowest BCUT2D eigenvalue weighted by Gasteiger charge is -2.34. The first-order valence-corrected chi connectivity index (χ1v) is 11.5. The van der Waals surface area contributed by atoms with E-state index in [0.29, 0.717) is 12.3 Å². The zero-order chi connectivity index (χ0) is 22.7. The number of aromatic amines is 1. The van der Waals surface area contributed by atoms with Gasteiger partial charge in [0.2, 0.25) is 0 Å². The van der Waals surface area contributed by atoms with Crippen LogP contribution in [0.3, 0.4) is 0 Å². The molecule has 0 amide bonds. The summed E-state index contributed by atoms with van der Waals surface area (Å²) in [6, 6.07) is 9.39. The number of piperidine rings is 1. The summed E-state index contributed by atoms with van der Waals surface area (Å²) in [5.74, 6) is 1.53. The van der Waals surface area contributed by atoms with E-state index in [2.05, 4.69) is 45.1 Å². The highest BCUT2D eigenvalue weighted by Gasteiger charge is 2.30. The number of aromatic nitrogens is 3. The molecule has 4 rings (SSSR count). The number of nitrogens with one attached hydrogen (secondary N) is 2. The monoisotopic (exact) mass is 435 g/mol. The van der Waals surface area contributed by atoms with Crippen molar-refractivity contribution in [1.82, 2.24) is 15.0 Å². The molecule has 1 aliphatic rings. The van der Waals surface area contributed by atoms with Crippen molar-refractivity contribution in [2.45, 2.75) is 58.1 Å². The largest absolute Gasteiger partial charge is 0.391 e. The van der Waals surface area contributed by atoms with Crippen LogP contribution in [0.2, 0.25) is 0 Å². The molecule has 0 saturated carbocycles. The van der Waals surface area contributed by atoms with Crippen LogP contribution in [0, 0.1) is 5.92 Å². The third-order valence-electron chi connectivity index (χ3n) is 6.36. The van der Waals surface area contributed by atoms with E-state index >= 15 is 0 Å². The fourth-order valence-electron chi connectivity index (χ4n) is 4.72. The number of H-pyrrole nitrogens is 1. The van der Waals surface area contributed by atoms with Gasteiger partial charge in [0.05, 0.1) is 11.5 Å². The average Bonchev–Trinajstić information content (AvgIpc) is 3.26. The Balaban J connectivity index is 1.46. The van der Waals surface area contributed by atoms with Gasteiger partial charge in [0.15, 0.2) is 5.78 Å². The van der Waals surface area contributed by atoms with Crippen LogP contribution in [-0.2, 0) is 4.79 Å². The first-order valence-electron chi connectivity index (χ1n) is 11.5. The molecule has 3 aromatic rings. The van der Waals surface area contributed by atoms with E-state index < -0.39 is 12.1 Å². The van der Waals surface area contributed by atoms with Crippen molar-refractivity contribution in [2.75, 3.05) is 23.3 Å². The number of carbonyl (C=O) groups is 1. The lowest BCUT2D eigenvalue weighted by Crippen LogP contribution is -2.43. The summed E-state index contributed by atoms with van der Waals surface area (Å²) in [6.45, 7) is 7.64.